The molecule has 3 aromatic rings. The number of rotatable bonds is 3. The molecule has 0 radical (unpaired) electrons. The number of nitrogens with one attached hydrogen (secondary N) is 1. The van der Waals surface area contributed by atoms with E-state index in [0.29, 0.717) is 23.0 Å². The molecule has 1 fully saturated rings. The summed E-state index contributed by atoms with van der Waals surface area (Å²) in [4.78, 5) is 14.9. The molecule has 8 heteroatoms. The van der Waals surface area contributed by atoms with Crippen molar-refractivity contribution >= 4 is 29.9 Å². The lowest BCUT2D eigenvalue weighted by molar-refractivity contribution is 0.0649. The second-order valence-electron chi connectivity index (χ2n) is 6.33. The van der Waals surface area contributed by atoms with Crippen LogP contribution in [0.1, 0.15) is 17.4 Å². The van der Waals surface area contributed by atoms with E-state index in [9.17, 15) is 4.79 Å². The summed E-state index contributed by atoms with van der Waals surface area (Å²) in [6.45, 7) is 4.28. The first kappa shape index (κ1) is 19.5. The molecule has 142 valence electrons. The number of amides is 1. The van der Waals surface area contributed by atoms with Crippen molar-refractivity contribution in [2.24, 2.45) is 0 Å². The number of hydrogen-bond donors (Lipinski definition) is 1. The summed E-state index contributed by atoms with van der Waals surface area (Å²) in [5, 5.41) is 8.52. The zero-order chi connectivity index (χ0) is 18.1. The fourth-order valence-corrected chi connectivity index (χ4v) is 3.28. The first-order valence-corrected chi connectivity index (χ1v) is 8.93. The van der Waals surface area contributed by atoms with E-state index in [-0.39, 0.29) is 24.4 Å². The molecule has 2 aromatic heterocycles. The van der Waals surface area contributed by atoms with E-state index in [4.69, 9.17) is 16.0 Å². The standard InChI is InChI=1S/C19H19ClN4O2.ClH/c1-13-12-21-8-9-23(13)19(25)16-11-17(18-3-2-10-26-18)24(22-16)15-6-4-14(20)5-7-15;/h2-7,10-11,13,21H,8-9,12H2,1H3;1H/t13-;/m1./s1. The Morgan fingerprint density at radius 1 is 1.30 bits per heavy atom. The van der Waals surface area contributed by atoms with Crippen molar-refractivity contribution < 1.29 is 9.21 Å². The minimum absolute atomic E-state index is 0. The number of nitrogens with zero attached hydrogens (tertiary/aromatic N) is 3. The molecule has 1 atom stereocenters. The summed E-state index contributed by atoms with van der Waals surface area (Å²) in [7, 11) is 0. The van der Waals surface area contributed by atoms with Crippen LogP contribution in [-0.4, -0.2) is 46.3 Å². The molecular formula is C19H20Cl2N4O2. The van der Waals surface area contributed by atoms with Crippen LogP contribution in [-0.2, 0) is 0 Å². The van der Waals surface area contributed by atoms with Crippen LogP contribution in [0.2, 0.25) is 5.02 Å². The van der Waals surface area contributed by atoms with Crippen LogP contribution in [0, 0.1) is 0 Å². The average Bonchev–Trinajstić information content (AvgIpc) is 3.32. The van der Waals surface area contributed by atoms with Gasteiger partial charge in [0.2, 0.25) is 0 Å². The lowest BCUT2D eigenvalue weighted by Gasteiger charge is -2.33. The monoisotopic (exact) mass is 406 g/mol. The fraction of sp³-hybridized carbons (Fsp3) is 0.263. The zero-order valence-electron chi connectivity index (χ0n) is 14.8. The Labute approximate surface area is 168 Å². The van der Waals surface area contributed by atoms with Gasteiger partial charge in [-0.25, -0.2) is 4.68 Å². The number of halogens is 2. The second-order valence-corrected chi connectivity index (χ2v) is 6.77. The van der Waals surface area contributed by atoms with Crippen molar-refractivity contribution in [3.8, 4) is 17.1 Å². The molecular weight excluding hydrogens is 387 g/mol. The van der Waals surface area contributed by atoms with Gasteiger partial charge in [0.15, 0.2) is 11.5 Å². The molecule has 6 nitrogen and oxygen atoms in total. The smallest absolute Gasteiger partial charge is 0.274 e. The second kappa shape index (κ2) is 8.17. The summed E-state index contributed by atoms with van der Waals surface area (Å²) >= 11 is 6.00. The summed E-state index contributed by atoms with van der Waals surface area (Å²) in [6.07, 6.45) is 1.61. The third-order valence-corrected chi connectivity index (χ3v) is 4.79. The molecule has 1 aliphatic heterocycles. The summed E-state index contributed by atoms with van der Waals surface area (Å²) in [6, 6.07) is 12.9. The Kier molecular flexibility index (Phi) is 5.89. The van der Waals surface area contributed by atoms with Crippen molar-refractivity contribution in [3.63, 3.8) is 0 Å². The van der Waals surface area contributed by atoms with E-state index in [1.165, 1.54) is 0 Å². The Balaban J connectivity index is 0.00000210. The molecule has 4 rings (SSSR count). The Hall–Kier alpha value is -2.28. The van der Waals surface area contributed by atoms with E-state index in [0.717, 1.165) is 24.5 Å². The molecule has 27 heavy (non-hydrogen) atoms. The van der Waals surface area contributed by atoms with Crippen LogP contribution < -0.4 is 5.32 Å². The molecule has 1 amide bonds. The van der Waals surface area contributed by atoms with Gasteiger partial charge in [0.1, 0.15) is 5.69 Å². The predicted octanol–water partition coefficient (Wildman–Crippen LogP) is 3.64. The Bertz CT molecular complexity index is 906. The van der Waals surface area contributed by atoms with Gasteiger partial charge in [-0.2, -0.15) is 5.10 Å². The van der Waals surface area contributed by atoms with Gasteiger partial charge < -0.3 is 14.6 Å². The molecule has 1 N–H and O–H groups in total. The maximum absolute atomic E-state index is 13.0. The van der Waals surface area contributed by atoms with Crippen LogP contribution >= 0.6 is 24.0 Å². The van der Waals surface area contributed by atoms with Gasteiger partial charge in [0, 0.05) is 36.8 Å². The SMILES string of the molecule is C[C@@H]1CNCCN1C(=O)c1cc(-c2ccco2)n(-c2ccc(Cl)cc2)n1.Cl. The number of carbonyl (C=O) groups is 1. The number of benzene rings is 1. The van der Waals surface area contributed by atoms with Crippen LogP contribution in [0.25, 0.3) is 17.1 Å². The van der Waals surface area contributed by atoms with Gasteiger partial charge in [-0.15, -0.1) is 12.4 Å². The van der Waals surface area contributed by atoms with Crippen LogP contribution in [0.3, 0.4) is 0 Å². The Morgan fingerprint density at radius 3 is 2.74 bits per heavy atom. The Morgan fingerprint density at radius 2 is 2.07 bits per heavy atom. The van der Waals surface area contributed by atoms with E-state index in [1.54, 1.807) is 29.1 Å². The highest BCUT2D eigenvalue weighted by molar-refractivity contribution is 6.30. The van der Waals surface area contributed by atoms with Crippen molar-refractivity contribution in [2.45, 2.75) is 13.0 Å². The van der Waals surface area contributed by atoms with Crippen molar-refractivity contribution in [1.82, 2.24) is 20.0 Å². The van der Waals surface area contributed by atoms with Crippen molar-refractivity contribution in [2.75, 3.05) is 19.6 Å². The van der Waals surface area contributed by atoms with Gasteiger partial charge in [0.25, 0.3) is 5.91 Å². The maximum atomic E-state index is 13.0. The molecule has 1 saturated heterocycles. The molecule has 0 spiro atoms. The fourth-order valence-electron chi connectivity index (χ4n) is 3.15. The lowest BCUT2D eigenvalue weighted by Crippen LogP contribution is -2.52. The molecule has 0 saturated carbocycles. The minimum atomic E-state index is -0.0699. The largest absolute Gasteiger partial charge is 0.463 e. The highest BCUT2D eigenvalue weighted by atomic mass is 35.5. The van der Waals surface area contributed by atoms with Crippen LogP contribution in [0.5, 0.6) is 0 Å². The quantitative estimate of drug-likeness (QED) is 0.720. The average molecular weight is 407 g/mol. The van der Waals surface area contributed by atoms with Crippen molar-refractivity contribution in [1.29, 1.82) is 0 Å². The van der Waals surface area contributed by atoms with E-state index in [2.05, 4.69) is 10.4 Å². The highest BCUT2D eigenvalue weighted by Gasteiger charge is 2.27. The number of hydrogen-bond acceptors (Lipinski definition) is 4. The predicted molar refractivity (Wildman–Crippen MR) is 107 cm³/mol. The van der Waals surface area contributed by atoms with Crippen molar-refractivity contribution in [3.05, 3.63) is 59.4 Å². The topological polar surface area (TPSA) is 63.3 Å². The van der Waals surface area contributed by atoms with Gasteiger partial charge in [-0.1, -0.05) is 11.6 Å². The van der Waals surface area contributed by atoms with E-state index < -0.39 is 0 Å². The number of piperazine rings is 1. The lowest BCUT2D eigenvalue weighted by atomic mass is 10.2. The number of aromatic nitrogens is 2. The van der Waals surface area contributed by atoms with Crippen LogP contribution in [0.4, 0.5) is 0 Å². The van der Waals surface area contributed by atoms with Crippen LogP contribution in [0.15, 0.2) is 53.1 Å². The number of carbonyl (C=O) groups excluding carboxylic acids is 1. The normalized spacial score (nSPS) is 16.8. The van der Waals surface area contributed by atoms with Gasteiger partial charge >= 0.3 is 0 Å². The highest BCUT2D eigenvalue weighted by Crippen LogP contribution is 2.26. The summed E-state index contributed by atoms with van der Waals surface area (Å²) < 4.78 is 7.26. The first-order valence-electron chi connectivity index (χ1n) is 8.55. The van der Waals surface area contributed by atoms with E-state index >= 15 is 0 Å². The summed E-state index contributed by atoms with van der Waals surface area (Å²) in [5.74, 6) is 0.583. The minimum Gasteiger partial charge on any atom is -0.463 e. The van der Waals surface area contributed by atoms with Gasteiger partial charge in [0.05, 0.1) is 12.0 Å². The molecule has 0 unspecified atom stereocenters. The molecule has 0 aliphatic carbocycles. The molecule has 3 heterocycles. The molecule has 1 aliphatic rings. The van der Waals surface area contributed by atoms with Gasteiger partial charge in [-0.3, -0.25) is 4.79 Å². The first-order chi connectivity index (χ1) is 12.6. The third kappa shape index (κ3) is 3.88. The number of furan rings is 1. The third-order valence-electron chi connectivity index (χ3n) is 4.54. The van der Waals surface area contributed by atoms with E-state index in [1.807, 2.05) is 36.1 Å². The summed E-state index contributed by atoms with van der Waals surface area (Å²) in [5.41, 5.74) is 1.94. The zero-order valence-corrected chi connectivity index (χ0v) is 16.3. The molecule has 0 bridgehead atoms. The van der Waals surface area contributed by atoms with Gasteiger partial charge in [-0.05, 0) is 43.3 Å². The molecule has 1 aromatic carbocycles. The maximum Gasteiger partial charge on any atom is 0.274 e.